The van der Waals surface area contributed by atoms with E-state index in [9.17, 15) is 15.0 Å². The molecule has 0 atom stereocenters. The van der Waals surface area contributed by atoms with Gasteiger partial charge in [0, 0.05) is 6.04 Å². The summed E-state index contributed by atoms with van der Waals surface area (Å²) < 4.78 is 0. The van der Waals surface area contributed by atoms with Gasteiger partial charge in [-0.2, -0.15) is 0 Å². The molecule has 1 fully saturated rings. The molecule has 3 N–H and O–H groups in total. The minimum atomic E-state index is -0.355. The number of nitrogens with one attached hydrogen (secondary N) is 1. The summed E-state index contributed by atoms with van der Waals surface area (Å²) in [7, 11) is 0. The first-order valence-corrected chi connectivity index (χ1v) is 6.01. The van der Waals surface area contributed by atoms with Crippen LogP contribution in [0.1, 0.15) is 38.1 Å². The van der Waals surface area contributed by atoms with Crippen molar-refractivity contribution in [1.29, 1.82) is 0 Å². The Labute approximate surface area is 107 Å². The van der Waals surface area contributed by atoms with Gasteiger partial charge in [-0.1, -0.05) is 27.7 Å². The van der Waals surface area contributed by atoms with E-state index in [0.29, 0.717) is 0 Å². The van der Waals surface area contributed by atoms with Crippen LogP contribution in [0.4, 0.5) is 0 Å². The SMILES string of the molecule is CC1(C)C(NC(=O)c2cc(O)ccc2O)C1(C)C. The van der Waals surface area contributed by atoms with Gasteiger partial charge in [0.1, 0.15) is 11.5 Å². The van der Waals surface area contributed by atoms with Crippen LogP contribution >= 0.6 is 0 Å². The quantitative estimate of drug-likeness (QED) is 0.704. The van der Waals surface area contributed by atoms with Crippen LogP contribution in [-0.4, -0.2) is 22.2 Å². The Morgan fingerprint density at radius 1 is 1.17 bits per heavy atom. The number of carbonyl (C=O) groups is 1. The average Bonchev–Trinajstić information content (AvgIpc) is 2.64. The Bertz CT molecular complexity index is 492. The standard InChI is InChI=1S/C14H19NO3/c1-13(2)12(14(13,3)4)15-11(18)9-7-8(16)5-6-10(9)17/h5-7,12,16-17H,1-4H3,(H,15,18). The van der Waals surface area contributed by atoms with Crippen molar-refractivity contribution in [2.75, 3.05) is 0 Å². The lowest BCUT2D eigenvalue weighted by Crippen LogP contribution is -2.29. The van der Waals surface area contributed by atoms with Crippen LogP contribution in [-0.2, 0) is 0 Å². The molecule has 1 aliphatic rings. The summed E-state index contributed by atoms with van der Waals surface area (Å²) in [6.45, 7) is 8.39. The minimum Gasteiger partial charge on any atom is -0.508 e. The summed E-state index contributed by atoms with van der Waals surface area (Å²) in [5, 5.41) is 21.9. The molecule has 98 valence electrons. The van der Waals surface area contributed by atoms with Crippen LogP contribution in [0.15, 0.2) is 18.2 Å². The molecular formula is C14H19NO3. The van der Waals surface area contributed by atoms with Gasteiger partial charge in [-0.15, -0.1) is 0 Å². The van der Waals surface area contributed by atoms with E-state index in [-0.39, 0.29) is 39.8 Å². The number of hydrogen-bond acceptors (Lipinski definition) is 3. The Morgan fingerprint density at radius 3 is 2.22 bits per heavy atom. The normalized spacial score (nSPS) is 20.4. The zero-order valence-corrected chi connectivity index (χ0v) is 11.1. The summed E-state index contributed by atoms with van der Waals surface area (Å²) in [4.78, 5) is 12.1. The first kappa shape index (κ1) is 12.7. The highest BCUT2D eigenvalue weighted by Crippen LogP contribution is 2.62. The lowest BCUT2D eigenvalue weighted by molar-refractivity contribution is 0.0940. The molecule has 1 aliphatic carbocycles. The van der Waals surface area contributed by atoms with Crippen molar-refractivity contribution in [3.8, 4) is 11.5 Å². The maximum absolute atomic E-state index is 12.1. The molecule has 0 spiro atoms. The van der Waals surface area contributed by atoms with Gasteiger partial charge in [-0.3, -0.25) is 4.79 Å². The van der Waals surface area contributed by atoms with Gasteiger partial charge in [0.2, 0.25) is 0 Å². The van der Waals surface area contributed by atoms with Gasteiger partial charge < -0.3 is 15.5 Å². The molecule has 1 aromatic rings. The Hall–Kier alpha value is -1.71. The maximum Gasteiger partial charge on any atom is 0.255 e. The summed E-state index contributed by atoms with van der Waals surface area (Å²) in [6.07, 6.45) is 0. The van der Waals surface area contributed by atoms with E-state index in [4.69, 9.17) is 0 Å². The second-order valence-corrected chi connectivity index (χ2v) is 6.05. The molecule has 1 saturated carbocycles. The second kappa shape index (κ2) is 3.64. The van der Waals surface area contributed by atoms with Crippen molar-refractivity contribution < 1.29 is 15.0 Å². The van der Waals surface area contributed by atoms with Crippen LogP contribution < -0.4 is 5.32 Å². The Morgan fingerprint density at radius 2 is 1.72 bits per heavy atom. The second-order valence-electron chi connectivity index (χ2n) is 6.05. The molecular weight excluding hydrogens is 230 g/mol. The number of hydrogen-bond donors (Lipinski definition) is 3. The first-order valence-electron chi connectivity index (χ1n) is 6.01. The molecule has 0 aliphatic heterocycles. The van der Waals surface area contributed by atoms with Crippen molar-refractivity contribution in [3.63, 3.8) is 0 Å². The summed E-state index contributed by atoms with van der Waals surface area (Å²) >= 11 is 0. The molecule has 0 saturated heterocycles. The molecule has 1 amide bonds. The van der Waals surface area contributed by atoms with Crippen LogP contribution in [0.2, 0.25) is 0 Å². The first-order chi connectivity index (χ1) is 8.18. The average molecular weight is 249 g/mol. The van der Waals surface area contributed by atoms with Gasteiger partial charge in [0.25, 0.3) is 5.91 Å². The van der Waals surface area contributed by atoms with E-state index in [1.807, 2.05) is 0 Å². The van der Waals surface area contributed by atoms with Crippen molar-refractivity contribution in [1.82, 2.24) is 5.32 Å². The van der Waals surface area contributed by atoms with Crippen LogP contribution in [0, 0.1) is 10.8 Å². The highest BCUT2D eigenvalue weighted by Gasteiger charge is 2.65. The van der Waals surface area contributed by atoms with Crippen LogP contribution in [0.5, 0.6) is 11.5 Å². The van der Waals surface area contributed by atoms with Crippen LogP contribution in [0.3, 0.4) is 0 Å². The zero-order valence-electron chi connectivity index (χ0n) is 11.1. The van der Waals surface area contributed by atoms with Crippen molar-refractivity contribution in [2.24, 2.45) is 10.8 Å². The minimum absolute atomic E-state index is 0.0349. The van der Waals surface area contributed by atoms with Gasteiger partial charge >= 0.3 is 0 Å². The fourth-order valence-corrected chi connectivity index (χ4v) is 2.47. The largest absolute Gasteiger partial charge is 0.508 e. The molecule has 0 aromatic heterocycles. The third-order valence-electron chi connectivity index (χ3n) is 4.52. The van der Waals surface area contributed by atoms with E-state index in [0.717, 1.165) is 0 Å². The number of benzene rings is 1. The van der Waals surface area contributed by atoms with Gasteiger partial charge in [0.15, 0.2) is 0 Å². The number of phenols is 2. The molecule has 1 aromatic carbocycles. The van der Waals surface area contributed by atoms with Crippen molar-refractivity contribution in [3.05, 3.63) is 23.8 Å². The van der Waals surface area contributed by atoms with E-state index in [1.54, 1.807) is 0 Å². The zero-order chi connectivity index (χ0) is 13.7. The Kier molecular flexibility index (Phi) is 2.58. The summed E-state index contributed by atoms with van der Waals surface area (Å²) in [5.41, 5.74) is 0.179. The van der Waals surface area contributed by atoms with E-state index in [1.165, 1.54) is 18.2 Å². The lowest BCUT2D eigenvalue weighted by Gasteiger charge is -2.08. The molecule has 0 unspecified atom stereocenters. The number of rotatable bonds is 2. The number of aromatic hydroxyl groups is 2. The van der Waals surface area contributed by atoms with E-state index < -0.39 is 0 Å². The molecule has 2 rings (SSSR count). The van der Waals surface area contributed by atoms with Gasteiger partial charge in [-0.05, 0) is 29.0 Å². The molecule has 0 bridgehead atoms. The molecule has 18 heavy (non-hydrogen) atoms. The summed E-state index contributed by atoms with van der Waals surface area (Å²) in [5.74, 6) is -0.513. The predicted octanol–water partition coefficient (Wildman–Crippen LogP) is 2.26. The van der Waals surface area contributed by atoms with Crippen molar-refractivity contribution >= 4 is 5.91 Å². The van der Waals surface area contributed by atoms with Gasteiger partial charge in [0.05, 0.1) is 5.56 Å². The fraction of sp³-hybridized carbons (Fsp3) is 0.500. The molecule has 4 nitrogen and oxygen atoms in total. The molecule has 0 radical (unpaired) electrons. The van der Waals surface area contributed by atoms with Gasteiger partial charge in [-0.25, -0.2) is 0 Å². The lowest BCUT2D eigenvalue weighted by atomic mass is 10.0. The maximum atomic E-state index is 12.1. The highest BCUT2D eigenvalue weighted by molar-refractivity contribution is 5.97. The smallest absolute Gasteiger partial charge is 0.255 e. The summed E-state index contributed by atoms with van der Waals surface area (Å²) in [6, 6.07) is 4.00. The third kappa shape index (κ3) is 1.72. The predicted molar refractivity (Wildman–Crippen MR) is 68.6 cm³/mol. The molecule has 4 heteroatoms. The topological polar surface area (TPSA) is 69.6 Å². The molecule has 0 heterocycles. The number of carbonyl (C=O) groups excluding carboxylic acids is 1. The van der Waals surface area contributed by atoms with E-state index in [2.05, 4.69) is 33.0 Å². The van der Waals surface area contributed by atoms with Crippen LogP contribution in [0.25, 0.3) is 0 Å². The fourth-order valence-electron chi connectivity index (χ4n) is 2.47. The van der Waals surface area contributed by atoms with E-state index >= 15 is 0 Å². The number of phenolic OH excluding ortho intramolecular Hbond substituents is 2. The highest BCUT2D eigenvalue weighted by atomic mass is 16.3. The number of amides is 1. The van der Waals surface area contributed by atoms with Crippen molar-refractivity contribution in [2.45, 2.75) is 33.7 Å². The third-order valence-corrected chi connectivity index (χ3v) is 4.52. The monoisotopic (exact) mass is 249 g/mol. The Balaban J connectivity index is 2.17.